The molecule has 0 aliphatic rings. The molecule has 118 valence electrons. The van der Waals surface area contributed by atoms with Gasteiger partial charge in [-0.25, -0.2) is 22.8 Å². The second kappa shape index (κ2) is 7.03. The van der Waals surface area contributed by atoms with Gasteiger partial charge in [-0.1, -0.05) is 0 Å². The van der Waals surface area contributed by atoms with Gasteiger partial charge in [0.15, 0.2) is 5.75 Å². The number of nitrogens with zero attached hydrogens (tertiary/aromatic N) is 2. The molecule has 0 amide bonds. The summed E-state index contributed by atoms with van der Waals surface area (Å²) in [5.74, 6) is 0.473. The van der Waals surface area contributed by atoms with Crippen LogP contribution in [0.1, 0.15) is 5.69 Å². The smallest absolute Gasteiger partial charge is 0.247 e. The molecular formula is C13H13FN2O4S2. The van der Waals surface area contributed by atoms with Crippen LogP contribution in [0, 0.1) is 0 Å². The Morgan fingerprint density at radius 3 is 2.45 bits per heavy atom. The van der Waals surface area contributed by atoms with E-state index in [4.69, 9.17) is 9.22 Å². The van der Waals surface area contributed by atoms with Crippen molar-refractivity contribution in [2.45, 2.75) is 11.8 Å². The molecule has 0 unspecified atom stereocenters. The highest BCUT2D eigenvalue weighted by Crippen LogP contribution is 2.23. The van der Waals surface area contributed by atoms with Crippen LogP contribution in [-0.2, 0) is 20.8 Å². The van der Waals surface area contributed by atoms with Gasteiger partial charge in [0.1, 0.15) is 6.67 Å². The van der Waals surface area contributed by atoms with Gasteiger partial charge >= 0.3 is 0 Å². The van der Waals surface area contributed by atoms with E-state index >= 15 is 0 Å². The van der Waals surface area contributed by atoms with Crippen LogP contribution in [0.5, 0.6) is 5.75 Å². The lowest BCUT2D eigenvalue weighted by Gasteiger charge is -2.06. The topological polar surface area (TPSA) is 78.4 Å². The van der Waals surface area contributed by atoms with Crippen molar-refractivity contribution in [2.75, 3.05) is 12.5 Å². The molecule has 6 nitrogen and oxygen atoms in total. The molecule has 0 fully saturated rings. The Bertz CT molecular complexity index is 751. The van der Waals surface area contributed by atoms with E-state index in [2.05, 4.69) is 9.97 Å². The maximum absolute atomic E-state index is 12.9. The molecule has 0 saturated heterocycles. The van der Waals surface area contributed by atoms with Crippen LogP contribution >= 0.6 is 12.0 Å². The van der Waals surface area contributed by atoms with Crippen molar-refractivity contribution in [1.29, 1.82) is 0 Å². The molecule has 0 spiro atoms. The molecule has 2 rings (SSSR count). The average Bonchev–Trinajstić information content (AvgIpc) is 2.52. The Balaban J connectivity index is 2.39. The molecule has 0 aliphatic heterocycles. The van der Waals surface area contributed by atoms with Gasteiger partial charge in [0, 0.05) is 30.1 Å². The first-order valence-electron chi connectivity index (χ1n) is 6.06. The minimum atomic E-state index is -3.62. The van der Waals surface area contributed by atoms with Crippen molar-refractivity contribution in [3.8, 4) is 17.0 Å². The molecule has 0 N–H and O–H groups in total. The van der Waals surface area contributed by atoms with E-state index in [1.165, 1.54) is 6.07 Å². The third kappa shape index (κ3) is 4.15. The first-order valence-corrected chi connectivity index (χ1v) is 9.10. The van der Waals surface area contributed by atoms with Gasteiger partial charge in [0.05, 0.1) is 11.4 Å². The summed E-state index contributed by atoms with van der Waals surface area (Å²) in [5, 5.41) is -0.399. The second-order valence-corrected chi connectivity index (χ2v) is 6.65. The van der Waals surface area contributed by atoms with Crippen LogP contribution in [-0.4, -0.2) is 30.9 Å². The fourth-order valence-corrected chi connectivity index (χ4v) is 2.30. The fourth-order valence-electron chi connectivity index (χ4n) is 1.61. The van der Waals surface area contributed by atoms with Crippen molar-refractivity contribution < 1.29 is 22.0 Å². The summed E-state index contributed by atoms with van der Waals surface area (Å²) in [6, 6.07) is 7.99. The third-order valence-corrected chi connectivity index (χ3v) is 3.63. The van der Waals surface area contributed by atoms with E-state index in [9.17, 15) is 12.8 Å². The highest BCUT2D eigenvalue weighted by Gasteiger charge is 2.15. The number of alkyl halides is 1. The number of sulfone groups is 1. The highest BCUT2D eigenvalue weighted by atomic mass is 32.2. The fraction of sp³-hybridized carbons (Fsp3) is 0.231. The average molecular weight is 344 g/mol. The summed E-state index contributed by atoms with van der Waals surface area (Å²) in [4.78, 5) is 12.6. The van der Waals surface area contributed by atoms with Crippen LogP contribution < -0.4 is 4.89 Å². The maximum Gasteiger partial charge on any atom is 0.247 e. The molecule has 0 aliphatic carbocycles. The minimum absolute atomic E-state index is 0.0106. The number of benzene rings is 1. The van der Waals surface area contributed by atoms with Crippen molar-refractivity contribution >= 4 is 21.9 Å². The Kier molecular flexibility index (Phi) is 5.33. The van der Waals surface area contributed by atoms with Crippen molar-refractivity contribution in [2.24, 2.45) is 0 Å². The molecule has 0 radical (unpaired) electrons. The zero-order valence-corrected chi connectivity index (χ0v) is 13.4. The zero-order chi connectivity index (χ0) is 16.2. The molecule has 2 aromatic rings. The van der Waals surface area contributed by atoms with Gasteiger partial charge in [-0.3, -0.25) is 0 Å². The van der Waals surface area contributed by atoms with E-state index in [1.807, 2.05) is 0 Å². The number of rotatable bonds is 6. The Morgan fingerprint density at radius 1 is 1.23 bits per heavy atom. The van der Waals surface area contributed by atoms with E-state index in [0.717, 1.165) is 18.3 Å². The van der Waals surface area contributed by atoms with Gasteiger partial charge < -0.3 is 4.89 Å². The number of aromatic nitrogens is 2. The summed E-state index contributed by atoms with van der Waals surface area (Å²) < 4.78 is 40.7. The summed E-state index contributed by atoms with van der Waals surface area (Å²) in [6.07, 6.45) is 2.69. The third-order valence-electron chi connectivity index (χ3n) is 2.58. The monoisotopic (exact) mass is 344 g/mol. The standard InChI is InChI=1S/C13H13FN2O4S2/c1-21-20-19-11-5-3-9(4-6-11)12-7-10(8-14)15-13(16-12)22(2,17)18/h3-7H,8H2,1-2H3. The predicted molar refractivity (Wildman–Crippen MR) is 80.6 cm³/mol. The summed E-state index contributed by atoms with van der Waals surface area (Å²) >= 11 is 1.06. The molecule has 0 saturated carbocycles. The SMILES string of the molecule is CSOOc1ccc(-c2cc(CF)nc(S(C)(=O)=O)n2)cc1. The lowest BCUT2D eigenvalue weighted by atomic mass is 10.1. The molecule has 1 heterocycles. The highest BCUT2D eigenvalue weighted by molar-refractivity contribution is 7.93. The molecule has 0 bridgehead atoms. The van der Waals surface area contributed by atoms with E-state index in [0.29, 0.717) is 17.0 Å². The largest absolute Gasteiger partial charge is 0.325 e. The molecular weight excluding hydrogens is 331 g/mol. The normalized spacial score (nSPS) is 11.4. The van der Waals surface area contributed by atoms with Gasteiger partial charge in [-0.2, -0.15) is 0 Å². The van der Waals surface area contributed by atoms with Crippen LogP contribution in [0.4, 0.5) is 4.39 Å². The van der Waals surface area contributed by atoms with E-state index in [1.54, 1.807) is 30.5 Å². The van der Waals surface area contributed by atoms with Crippen molar-refractivity contribution in [1.82, 2.24) is 9.97 Å². The van der Waals surface area contributed by atoms with Crippen LogP contribution in [0.2, 0.25) is 0 Å². The lowest BCUT2D eigenvalue weighted by molar-refractivity contribution is -0.0770. The van der Waals surface area contributed by atoms with E-state index < -0.39 is 21.7 Å². The van der Waals surface area contributed by atoms with Crippen LogP contribution in [0.25, 0.3) is 11.3 Å². The van der Waals surface area contributed by atoms with Gasteiger partial charge in [-0.15, -0.1) is 4.33 Å². The maximum atomic E-state index is 12.9. The van der Waals surface area contributed by atoms with Crippen LogP contribution in [0.3, 0.4) is 0 Å². The zero-order valence-electron chi connectivity index (χ0n) is 11.8. The van der Waals surface area contributed by atoms with Gasteiger partial charge in [0.2, 0.25) is 15.0 Å². The summed E-state index contributed by atoms with van der Waals surface area (Å²) in [6.45, 7) is -0.874. The summed E-state index contributed by atoms with van der Waals surface area (Å²) in [5.41, 5.74) is 0.940. The molecule has 1 aromatic heterocycles. The molecule has 0 atom stereocenters. The van der Waals surface area contributed by atoms with Crippen molar-refractivity contribution in [3.05, 3.63) is 36.0 Å². The van der Waals surface area contributed by atoms with E-state index in [-0.39, 0.29) is 5.69 Å². The molecule has 1 aromatic carbocycles. The second-order valence-electron chi connectivity index (χ2n) is 4.28. The van der Waals surface area contributed by atoms with Crippen molar-refractivity contribution in [3.63, 3.8) is 0 Å². The molecule has 9 heteroatoms. The quantitative estimate of drug-likeness (QED) is 0.345. The summed E-state index contributed by atoms with van der Waals surface area (Å²) in [7, 11) is -3.62. The molecule has 22 heavy (non-hydrogen) atoms. The predicted octanol–water partition coefficient (Wildman–Crippen LogP) is 2.61. The number of hydrogen-bond acceptors (Lipinski definition) is 7. The number of halogens is 1. The minimum Gasteiger partial charge on any atom is -0.325 e. The van der Waals surface area contributed by atoms with Crippen LogP contribution in [0.15, 0.2) is 35.5 Å². The van der Waals surface area contributed by atoms with Gasteiger partial charge in [0.25, 0.3) is 0 Å². The first-order chi connectivity index (χ1) is 10.4. The Labute approximate surface area is 131 Å². The Hall–Kier alpha value is -1.71. The lowest BCUT2D eigenvalue weighted by Crippen LogP contribution is -2.07. The first kappa shape index (κ1) is 16.7. The van der Waals surface area contributed by atoms with Gasteiger partial charge in [-0.05, 0) is 30.3 Å². The number of hydrogen-bond donors (Lipinski definition) is 0. The Morgan fingerprint density at radius 2 is 1.91 bits per heavy atom.